The SMILES string of the molecule is CCC[C@H](CC(=O)O)NC(=O)[C@H]1C[C@H]1CNC(=O)OCC1c2ccccc2-c2ccccc21. The van der Waals surface area contributed by atoms with E-state index in [4.69, 9.17) is 9.84 Å². The molecule has 0 saturated heterocycles. The summed E-state index contributed by atoms with van der Waals surface area (Å²) in [6.45, 7) is 2.58. The number of hydrogen-bond donors (Lipinski definition) is 3. The highest BCUT2D eigenvalue weighted by molar-refractivity contribution is 5.82. The largest absolute Gasteiger partial charge is 0.481 e. The zero-order valence-electron chi connectivity index (χ0n) is 18.8. The molecular weight excluding hydrogens is 420 g/mol. The van der Waals surface area contributed by atoms with Crippen LogP contribution in [0.25, 0.3) is 11.1 Å². The minimum atomic E-state index is -0.919. The van der Waals surface area contributed by atoms with Crippen LogP contribution >= 0.6 is 0 Å². The first kappa shape index (κ1) is 22.8. The maximum Gasteiger partial charge on any atom is 0.407 e. The Morgan fingerprint density at radius 3 is 2.30 bits per heavy atom. The Kier molecular flexibility index (Phi) is 6.96. The topological polar surface area (TPSA) is 105 Å². The highest BCUT2D eigenvalue weighted by Gasteiger charge is 2.43. The van der Waals surface area contributed by atoms with E-state index < -0.39 is 12.1 Å². The van der Waals surface area contributed by atoms with Gasteiger partial charge in [0, 0.05) is 24.4 Å². The second kappa shape index (κ2) is 10.1. The second-order valence-electron chi connectivity index (χ2n) is 8.90. The molecule has 0 spiro atoms. The molecule has 4 rings (SSSR count). The number of aliphatic carboxylic acids is 1. The van der Waals surface area contributed by atoms with E-state index in [1.807, 2.05) is 31.2 Å². The van der Waals surface area contributed by atoms with E-state index in [1.165, 1.54) is 11.1 Å². The number of benzene rings is 2. The van der Waals surface area contributed by atoms with Crippen molar-refractivity contribution < 1.29 is 24.2 Å². The first-order valence-corrected chi connectivity index (χ1v) is 11.6. The third-order valence-corrected chi connectivity index (χ3v) is 6.52. The number of carboxylic acids is 1. The van der Waals surface area contributed by atoms with E-state index in [9.17, 15) is 14.4 Å². The van der Waals surface area contributed by atoms with Crippen molar-refractivity contribution in [2.24, 2.45) is 11.8 Å². The molecule has 0 heterocycles. The number of carbonyl (C=O) groups excluding carboxylic acids is 2. The molecule has 0 radical (unpaired) electrons. The molecule has 2 aliphatic carbocycles. The molecule has 3 N–H and O–H groups in total. The molecule has 1 fully saturated rings. The van der Waals surface area contributed by atoms with E-state index in [0.29, 0.717) is 19.4 Å². The van der Waals surface area contributed by atoms with E-state index in [2.05, 4.69) is 34.9 Å². The van der Waals surface area contributed by atoms with Gasteiger partial charge >= 0.3 is 12.1 Å². The van der Waals surface area contributed by atoms with Gasteiger partial charge in [0.05, 0.1) is 6.42 Å². The van der Waals surface area contributed by atoms with Crippen LogP contribution < -0.4 is 10.6 Å². The van der Waals surface area contributed by atoms with Gasteiger partial charge in [-0.25, -0.2) is 4.79 Å². The van der Waals surface area contributed by atoms with Crippen molar-refractivity contribution >= 4 is 18.0 Å². The molecule has 174 valence electrons. The maximum atomic E-state index is 12.4. The summed E-state index contributed by atoms with van der Waals surface area (Å²) in [4.78, 5) is 35.7. The summed E-state index contributed by atoms with van der Waals surface area (Å²) in [5.74, 6) is -1.18. The number of fused-ring (bicyclic) bond motifs is 3. The zero-order chi connectivity index (χ0) is 23.4. The Balaban J connectivity index is 1.23. The van der Waals surface area contributed by atoms with Crippen LogP contribution in [0.4, 0.5) is 4.79 Å². The van der Waals surface area contributed by atoms with Gasteiger partial charge < -0.3 is 20.5 Å². The fraction of sp³-hybridized carbons (Fsp3) is 0.423. The Labute approximate surface area is 193 Å². The van der Waals surface area contributed by atoms with Gasteiger partial charge in [-0.05, 0) is 41.0 Å². The lowest BCUT2D eigenvalue weighted by Crippen LogP contribution is -2.38. The molecule has 2 aromatic rings. The molecule has 0 unspecified atom stereocenters. The average molecular weight is 451 g/mol. The third kappa shape index (κ3) is 5.35. The molecule has 3 atom stereocenters. The van der Waals surface area contributed by atoms with Crippen molar-refractivity contribution in [1.82, 2.24) is 10.6 Å². The molecule has 0 aliphatic heterocycles. The van der Waals surface area contributed by atoms with Gasteiger partial charge in [0.25, 0.3) is 0 Å². The summed E-state index contributed by atoms with van der Waals surface area (Å²) >= 11 is 0. The molecule has 1 saturated carbocycles. The first-order valence-electron chi connectivity index (χ1n) is 11.6. The number of alkyl carbamates (subject to hydrolysis) is 1. The number of carbonyl (C=O) groups is 3. The Morgan fingerprint density at radius 1 is 1.06 bits per heavy atom. The minimum Gasteiger partial charge on any atom is -0.481 e. The highest BCUT2D eigenvalue weighted by Crippen LogP contribution is 2.44. The third-order valence-electron chi connectivity index (χ3n) is 6.52. The quantitative estimate of drug-likeness (QED) is 0.509. The van der Waals surface area contributed by atoms with Crippen molar-refractivity contribution in [1.29, 1.82) is 0 Å². The van der Waals surface area contributed by atoms with Gasteiger partial charge in [0.2, 0.25) is 5.91 Å². The summed E-state index contributed by atoms with van der Waals surface area (Å²) in [6, 6.07) is 16.0. The summed E-state index contributed by atoms with van der Waals surface area (Å²) in [7, 11) is 0. The molecule has 33 heavy (non-hydrogen) atoms. The van der Waals surface area contributed by atoms with Gasteiger partial charge in [-0.3, -0.25) is 9.59 Å². The lowest BCUT2D eigenvalue weighted by atomic mass is 9.98. The van der Waals surface area contributed by atoms with Crippen LogP contribution in [-0.4, -0.2) is 42.3 Å². The lowest BCUT2D eigenvalue weighted by molar-refractivity contribution is -0.137. The van der Waals surface area contributed by atoms with Crippen molar-refractivity contribution in [3.8, 4) is 11.1 Å². The van der Waals surface area contributed by atoms with Crippen LogP contribution in [0.15, 0.2) is 48.5 Å². The zero-order valence-corrected chi connectivity index (χ0v) is 18.8. The van der Waals surface area contributed by atoms with Crippen molar-refractivity contribution in [3.05, 3.63) is 59.7 Å². The number of ether oxygens (including phenoxy) is 1. The van der Waals surface area contributed by atoms with Crippen LogP contribution in [0, 0.1) is 11.8 Å². The van der Waals surface area contributed by atoms with Crippen LogP contribution in [-0.2, 0) is 14.3 Å². The predicted molar refractivity (Wildman–Crippen MR) is 124 cm³/mol. The van der Waals surface area contributed by atoms with Crippen molar-refractivity contribution in [2.75, 3.05) is 13.2 Å². The van der Waals surface area contributed by atoms with Gasteiger partial charge in [-0.1, -0.05) is 61.9 Å². The molecule has 0 aromatic heterocycles. The van der Waals surface area contributed by atoms with E-state index in [1.54, 1.807) is 0 Å². The number of hydrogen-bond acceptors (Lipinski definition) is 4. The van der Waals surface area contributed by atoms with Gasteiger partial charge in [-0.2, -0.15) is 0 Å². The van der Waals surface area contributed by atoms with Gasteiger partial charge in [0.15, 0.2) is 0 Å². The number of amides is 2. The Bertz CT molecular complexity index is 991. The van der Waals surface area contributed by atoms with Crippen LogP contribution in [0.1, 0.15) is 49.7 Å². The molecule has 2 aliphatic rings. The normalized spacial score (nSPS) is 19.2. The Hall–Kier alpha value is -3.35. The van der Waals surface area contributed by atoms with Crippen LogP contribution in [0.2, 0.25) is 0 Å². The second-order valence-corrected chi connectivity index (χ2v) is 8.90. The standard InChI is InChI=1S/C26H30N2O5/c1-2-7-17(13-24(29)30)28-25(31)22-12-16(22)14-27-26(32)33-15-23-20-10-5-3-8-18(20)19-9-4-6-11-21(19)23/h3-6,8-11,16-17,22-23H,2,7,12-15H2,1H3,(H,27,32)(H,28,31)(H,29,30)/t16-,17+,22-/m0/s1. The van der Waals surface area contributed by atoms with E-state index in [0.717, 1.165) is 17.5 Å². The van der Waals surface area contributed by atoms with Crippen LogP contribution in [0.3, 0.4) is 0 Å². The summed E-state index contributed by atoms with van der Waals surface area (Å²) in [6.07, 6.45) is 1.55. The lowest BCUT2D eigenvalue weighted by Gasteiger charge is -2.16. The molecule has 7 heteroatoms. The monoisotopic (exact) mass is 450 g/mol. The molecule has 7 nitrogen and oxygen atoms in total. The van der Waals surface area contributed by atoms with Crippen molar-refractivity contribution in [2.45, 2.75) is 44.6 Å². The van der Waals surface area contributed by atoms with E-state index in [-0.39, 0.29) is 42.7 Å². The van der Waals surface area contributed by atoms with Gasteiger partial charge in [0.1, 0.15) is 6.61 Å². The highest BCUT2D eigenvalue weighted by atomic mass is 16.5. The number of nitrogens with one attached hydrogen (secondary N) is 2. The fourth-order valence-corrected chi connectivity index (χ4v) is 4.75. The van der Waals surface area contributed by atoms with Crippen LogP contribution in [0.5, 0.6) is 0 Å². The minimum absolute atomic E-state index is 0.00679. The average Bonchev–Trinajstić information content (AvgIpc) is 3.51. The number of carboxylic acid groups (broad SMARTS) is 1. The van der Waals surface area contributed by atoms with Crippen molar-refractivity contribution in [3.63, 3.8) is 0 Å². The Morgan fingerprint density at radius 2 is 1.70 bits per heavy atom. The molecule has 0 bridgehead atoms. The maximum absolute atomic E-state index is 12.4. The molecular formula is C26H30N2O5. The summed E-state index contributed by atoms with van der Waals surface area (Å²) in [5.41, 5.74) is 4.68. The summed E-state index contributed by atoms with van der Waals surface area (Å²) in [5, 5.41) is 14.6. The summed E-state index contributed by atoms with van der Waals surface area (Å²) < 4.78 is 5.54. The fourth-order valence-electron chi connectivity index (χ4n) is 4.75. The van der Waals surface area contributed by atoms with Gasteiger partial charge in [-0.15, -0.1) is 0 Å². The number of rotatable bonds is 10. The molecule has 2 aromatic carbocycles. The van der Waals surface area contributed by atoms with E-state index >= 15 is 0 Å². The first-order chi connectivity index (χ1) is 16.0. The molecule has 2 amide bonds. The predicted octanol–water partition coefficient (Wildman–Crippen LogP) is 3.92. The smallest absolute Gasteiger partial charge is 0.407 e.